The van der Waals surface area contributed by atoms with Crippen LogP contribution in [-0.2, 0) is 19.1 Å². The average molecular weight is 273 g/mol. The number of esters is 1. The number of hydrogen-bond acceptors (Lipinski definition) is 6. The van der Waals surface area contributed by atoms with Gasteiger partial charge in [-0.3, -0.25) is 4.79 Å². The first-order valence-corrected chi connectivity index (χ1v) is 6.08. The first kappa shape index (κ1) is 15.4. The van der Waals surface area contributed by atoms with Crippen molar-refractivity contribution < 1.29 is 29.0 Å². The summed E-state index contributed by atoms with van der Waals surface area (Å²) in [5.41, 5.74) is -0.801. The number of hydrogen-bond donors (Lipinski definition) is 1. The van der Waals surface area contributed by atoms with Crippen molar-refractivity contribution in [3.8, 4) is 0 Å². The third kappa shape index (κ3) is 3.66. The Morgan fingerprint density at radius 3 is 2.47 bits per heavy atom. The molecule has 1 fully saturated rings. The summed E-state index contributed by atoms with van der Waals surface area (Å²) in [7, 11) is 0. The normalized spacial score (nSPS) is 23.4. The molecule has 1 rings (SSSR count). The van der Waals surface area contributed by atoms with Gasteiger partial charge in [0.25, 0.3) is 5.91 Å². The van der Waals surface area contributed by atoms with Crippen LogP contribution in [0.15, 0.2) is 0 Å². The van der Waals surface area contributed by atoms with E-state index in [2.05, 4.69) is 0 Å². The minimum Gasteiger partial charge on any atom is -0.464 e. The van der Waals surface area contributed by atoms with E-state index in [1.54, 1.807) is 27.7 Å². The van der Waals surface area contributed by atoms with Gasteiger partial charge in [-0.15, -0.1) is 0 Å². The van der Waals surface area contributed by atoms with Gasteiger partial charge in [0.2, 0.25) is 0 Å². The fraction of sp³-hybridized carbons (Fsp3) is 0.750. The van der Waals surface area contributed by atoms with Crippen LogP contribution in [0.5, 0.6) is 0 Å². The van der Waals surface area contributed by atoms with E-state index < -0.39 is 35.7 Å². The maximum atomic E-state index is 11.9. The second kappa shape index (κ2) is 5.56. The Bertz CT molecular complexity index is 386. The van der Waals surface area contributed by atoms with Crippen molar-refractivity contribution in [1.29, 1.82) is 0 Å². The van der Waals surface area contributed by atoms with Gasteiger partial charge >= 0.3 is 12.1 Å². The first-order valence-electron chi connectivity index (χ1n) is 6.08. The second-order valence-corrected chi connectivity index (χ2v) is 5.21. The Hall–Kier alpha value is -1.63. The fourth-order valence-electron chi connectivity index (χ4n) is 1.70. The van der Waals surface area contributed by atoms with Gasteiger partial charge in [-0.2, -0.15) is 0 Å². The Morgan fingerprint density at radius 1 is 1.42 bits per heavy atom. The molecule has 0 unspecified atom stereocenters. The number of nitrogens with zero attached hydrogens (tertiary/aromatic N) is 1. The van der Waals surface area contributed by atoms with Gasteiger partial charge in [0.15, 0.2) is 0 Å². The molecule has 108 valence electrons. The zero-order valence-corrected chi connectivity index (χ0v) is 11.5. The minimum atomic E-state index is -1.39. The van der Waals surface area contributed by atoms with E-state index in [-0.39, 0.29) is 13.0 Å². The predicted molar refractivity (Wildman–Crippen MR) is 64.1 cm³/mol. The number of ether oxygens (including phenoxy) is 2. The third-order valence-electron chi connectivity index (χ3n) is 2.43. The molecule has 0 bridgehead atoms. The average Bonchev–Trinajstić information content (AvgIpc) is 2.53. The number of aliphatic hydroxyl groups is 1. The summed E-state index contributed by atoms with van der Waals surface area (Å²) < 4.78 is 9.83. The molecule has 7 heteroatoms. The minimum absolute atomic E-state index is 0.127. The fourth-order valence-corrected chi connectivity index (χ4v) is 1.70. The Kier molecular flexibility index (Phi) is 4.52. The van der Waals surface area contributed by atoms with E-state index in [1.165, 1.54) is 0 Å². The van der Waals surface area contributed by atoms with Crippen molar-refractivity contribution in [3.63, 3.8) is 0 Å². The van der Waals surface area contributed by atoms with Gasteiger partial charge in [-0.25, -0.2) is 14.5 Å². The lowest BCUT2D eigenvalue weighted by atomic mass is 10.2. The van der Waals surface area contributed by atoms with Crippen molar-refractivity contribution >= 4 is 18.0 Å². The maximum absolute atomic E-state index is 11.9. The zero-order chi connectivity index (χ0) is 14.8. The molecule has 0 spiro atoms. The molecule has 2 amide bonds. The predicted octanol–water partition coefficient (Wildman–Crippen LogP) is 0.446. The molecule has 1 heterocycles. The lowest BCUT2D eigenvalue weighted by Gasteiger charge is -2.26. The summed E-state index contributed by atoms with van der Waals surface area (Å²) in [5, 5.41) is 9.50. The van der Waals surface area contributed by atoms with Crippen molar-refractivity contribution in [2.24, 2.45) is 0 Å². The summed E-state index contributed by atoms with van der Waals surface area (Å²) in [6, 6.07) is -1.13. The third-order valence-corrected chi connectivity index (χ3v) is 2.43. The summed E-state index contributed by atoms with van der Waals surface area (Å²) in [5.74, 6) is -1.56. The lowest BCUT2D eigenvalue weighted by Crippen LogP contribution is -2.46. The van der Waals surface area contributed by atoms with Gasteiger partial charge < -0.3 is 14.6 Å². The summed E-state index contributed by atoms with van der Waals surface area (Å²) >= 11 is 0. The van der Waals surface area contributed by atoms with E-state index in [0.717, 1.165) is 0 Å². The lowest BCUT2D eigenvalue weighted by molar-refractivity contribution is -0.151. The SMILES string of the molecule is CCOC(=O)[C@@H]1C[C@@H](O)C(=O)N1C(=O)OC(C)(C)C. The highest BCUT2D eigenvalue weighted by Gasteiger charge is 2.48. The molecule has 7 nitrogen and oxygen atoms in total. The maximum Gasteiger partial charge on any atom is 0.417 e. The van der Waals surface area contributed by atoms with Gasteiger partial charge in [-0.1, -0.05) is 0 Å². The highest BCUT2D eigenvalue weighted by molar-refractivity contribution is 6.01. The molecule has 0 aromatic rings. The Balaban J connectivity index is 2.89. The van der Waals surface area contributed by atoms with E-state index in [9.17, 15) is 19.5 Å². The smallest absolute Gasteiger partial charge is 0.417 e. The summed E-state index contributed by atoms with van der Waals surface area (Å²) in [6.07, 6.45) is -2.51. The Morgan fingerprint density at radius 2 is 2.00 bits per heavy atom. The molecule has 1 N–H and O–H groups in total. The number of rotatable bonds is 2. The quantitative estimate of drug-likeness (QED) is 0.734. The largest absolute Gasteiger partial charge is 0.464 e. The topological polar surface area (TPSA) is 93.1 Å². The van der Waals surface area contributed by atoms with Crippen LogP contribution in [0.4, 0.5) is 4.79 Å². The van der Waals surface area contributed by atoms with Crippen LogP contribution in [-0.4, -0.2) is 52.3 Å². The molecular formula is C12H19NO6. The highest BCUT2D eigenvalue weighted by atomic mass is 16.6. The van der Waals surface area contributed by atoms with Crippen LogP contribution < -0.4 is 0 Å². The monoisotopic (exact) mass is 273 g/mol. The number of amides is 2. The van der Waals surface area contributed by atoms with Crippen molar-refractivity contribution in [2.45, 2.75) is 51.9 Å². The van der Waals surface area contributed by atoms with E-state index >= 15 is 0 Å². The molecule has 0 saturated carbocycles. The van der Waals surface area contributed by atoms with E-state index in [4.69, 9.17) is 9.47 Å². The van der Waals surface area contributed by atoms with Crippen molar-refractivity contribution in [2.75, 3.05) is 6.61 Å². The molecule has 1 saturated heterocycles. The van der Waals surface area contributed by atoms with Gasteiger partial charge in [0.05, 0.1) is 6.61 Å². The number of aliphatic hydroxyl groups excluding tert-OH is 1. The highest BCUT2D eigenvalue weighted by Crippen LogP contribution is 2.23. The van der Waals surface area contributed by atoms with Crippen LogP contribution in [0, 0.1) is 0 Å². The molecule has 19 heavy (non-hydrogen) atoms. The molecule has 0 aliphatic carbocycles. The second-order valence-electron chi connectivity index (χ2n) is 5.21. The van der Waals surface area contributed by atoms with Crippen LogP contribution in [0.2, 0.25) is 0 Å². The van der Waals surface area contributed by atoms with Gasteiger partial charge in [0, 0.05) is 6.42 Å². The number of likely N-dealkylation sites (tertiary alicyclic amines) is 1. The van der Waals surface area contributed by atoms with Crippen LogP contribution in [0.1, 0.15) is 34.1 Å². The molecule has 1 aliphatic heterocycles. The zero-order valence-electron chi connectivity index (χ0n) is 11.5. The van der Waals surface area contributed by atoms with Crippen LogP contribution >= 0.6 is 0 Å². The molecule has 0 radical (unpaired) electrons. The van der Waals surface area contributed by atoms with Crippen LogP contribution in [0.25, 0.3) is 0 Å². The molecule has 0 aromatic carbocycles. The van der Waals surface area contributed by atoms with Gasteiger partial charge in [-0.05, 0) is 27.7 Å². The number of carbonyl (C=O) groups excluding carboxylic acids is 3. The van der Waals surface area contributed by atoms with E-state index in [0.29, 0.717) is 4.90 Å². The molecule has 2 atom stereocenters. The summed E-state index contributed by atoms with van der Waals surface area (Å²) in [4.78, 5) is 35.9. The molecule has 1 aliphatic rings. The summed E-state index contributed by atoms with van der Waals surface area (Å²) in [6.45, 7) is 6.66. The number of carbonyl (C=O) groups is 3. The van der Waals surface area contributed by atoms with Crippen molar-refractivity contribution in [3.05, 3.63) is 0 Å². The standard InChI is InChI=1S/C12H19NO6/c1-5-18-10(16)7-6-8(14)9(15)13(7)11(17)19-12(2,3)4/h7-8,14H,5-6H2,1-4H3/t7-,8+/m0/s1. The first-order chi connectivity index (χ1) is 8.67. The molecular weight excluding hydrogens is 254 g/mol. The number of imide groups is 1. The van der Waals surface area contributed by atoms with E-state index in [1.807, 2.05) is 0 Å². The molecule has 0 aromatic heterocycles. The van der Waals surface area contributed by atoms with Gasteiger partial charge in [0.1, 0.15) is 17.7 Å². The van der Waals surface area contributed by atoms with Crippen LogP contribution in [0.3, 0.4) is 0 Å². The van der Waals surface area contributed by atoms with Crippen molar-refractivity contribution in [1.82, 2.24) is 4.90 Å². The Labute approximate surface area is 111 Å².